The summed E-state index contributed by atoms with van der Waals surface area (Å²) in [6, 6.07) is 0.472. The van der Waals surface area contributed by atoms with Crippen LogP contribution in [0.5, 0.6) is 0 Å². The second kappa shape index (κ2) is 4.51. The van der Waals surface area contributed by atoms with E-state index in [1.54, 1.807) is 11.3 Å². The fraction of sp³-hybridized carbons (Fsp3) is 0.667. The number of hydrogen-bond acceptors (Lipinski definition) is 5. The number of aromatic nitrogens is 1. The van der Waals surface area contributed by atoms with E-state index in [4.69, 9.17) is 5.73 Å². The first-order valence-electron chi connectivity index (χ1n) is 4.78. The predicted octanol–water partition coefficient (Wildman–Crippen LogP) is 1.33. The minimum atomic E-state index is 0.472. The molecule has 1 saturated heterocycles. The van der Waals surface area contributed by atoms with Gasteiger partial charge in [0.25, 0.3) is 0 Å². The Morgan fingerprint density at radius 1 is 1.71 bits per heavy atom. The summed E-state index contributed by atoms with van der Waals surface area (Å²) in [6.45, 7) is 3.85. The van der Waals surface area contributed by atoms with Gasteiger partial charge in [0.2, 0.25) is 0 Å². The number of hydrogen-bond donors (Lipinski definition) is 1. The lowest BCUT2D eigenvalue weighted by Crippen LogP contribution is -2.46. The van der Waals surface area contributed by atoms with Crippen molar-refractivity contribution in [2.45, 2.75) is 13.0 Å². The van der Waals surface area contributed by atoms with Crippen molar-refractivity contribution in [2.75, 3.05) is 29.5 Å². The van der Waals surface area contributed by atoms with Crippen LogP contribution in [0, 0.1) is 6.92 Å². The van der Waals surface area contributed by atoms with Gasteiger partial charge in [-0.05, 0) is 6.92 Å². The zero-order valence-corrected chi connectivity index (χ0v) is 9.90. The second-order valence-corrected chi connectivity index (χ2v) is 5.42. The maximum atomic E-state index is 5.76. The van der Waals surface area contributed by atoms with Crippen molar-refractivity contribution in [3.63, 3.8) is 0 Å². The normalized spacial score (nSPS) is 22.7. The largest absolute Gasteiger partial charge is 0.342 e. The summed E-state index contributed by atoms with van der Waals surface area (Å²) in [5.74, 6) is 2.32. The number of nitrogens with two attached hydrogens (primary N) is 1. The molecule has 1 unspecified atom stereocenters. The van der Waals surface area contributed by atoms with E-state index in [1.807, 2.05) is 18.7 Å². The molecule has 0 spiro atoms. The molecule has 1 fully saturated rings. The Morgan fingerprint density at radius 3 is 3.21 bits per heavy atom. The molecule has 1 aromatic rings. The second-order valence-electron chi connectivity index (χ2n) is 3.43. The summed E-state index contributed by atoms with van der Waals surface area (Å²) < 4.78 is 0. The molecule has 0 aliphatic carbocycles. The molecular weight excluding hydrogens is 214 g/mol. The van der Waals surface area contributed by atoms with Crippen LogP contribution in [0.15, 0.2) is 5.38 Å². The van der Waals surface area contributed by atoms with Crippen molar-refractivity contribution >= 4 is 28.2 Å². The minimum Gasteiger partial charge on any atom is -0.342 e. The van der Waals surface area contributed by atoms with E-state index >= 15 is 0 Å². The van der Waals surface area contributed by atoms with Crippen molar-refractivity contribution in [1.82, 2.24) is 4.98 Å². The zero-order valence-electron chi connectivity index (χ0n) is 8.27. The Bertz CT molecular complexity index is 300. The molecule has 2 heterocycles. The van der Waals surface area contributed by atoms with E-state index in [2.05, 4.69) is 15.3 Å². The molecule has 1 aliphatic rings. The Morgan fingerprint density at radius 2 is 2.57 bits per heavy atom. The first kappa shape index (κ1) is 10.3. The van der Waals surface area contributed by atoms with E-state index in [0.29, 0.717) is 6.04 Å². The lowest BCUT2D eigenvalue weighted by molar-refractivity contribution is 0.652. The van der Waals surface area contributed by atoms with Crippen LogP contribution < -0.4 is 10.6 Å². The number of thioether (sulfide) groups is 1. The standard InChI is InChI=1S/C9H15N3S2/c1-7-5-14-9(11-7)12-2-3-13-6-8(12)4-10/h5,8H,2-4,6,10H2,1H3. The predicted molar refractivity (Wildman–Crippen MR) is 64.4 cm³/mol. The van der Waals surface area contributed by atoms with Gasteiger partial charge in [0.05, 0.1) is 11.7 Å². The molecule has 0 radical (unpaired) electrons. The monoisotopic (exact) mass is 229 g/mol. The van der Waals surface area contributed by atoms with E-state index in [-0.39, 0.29) is 0 Å². The number of anilines is 1. The van der Waals surface area contributed by atoms with Gasteiger partial charge in [-0.2, -0.15) is 11.8 Å². The molecule has 1 aromatic heterocycles. The summed E-state index contributed by atoms with van der Waals surface area (Å²) in [6.07, 6.45) is 0. The topological polar surface area (TPSA) is 42.1 Å². The third kappa shape index (κ3) is 2.04. The summed E-state index contributed by atoms with van der Waals surface area (Å²) >= 11 is 3.71. The van der Waals surface area contributed by atoms with Gasteiger partial charge in [-0.25, -0.2) is 4.98 Å². The van der Waals surface area contributed by atoms with Crippen molar-refractivity contribution in [3.05, 3.63) is 11.1 Å². The van der Waals surface area contributed by atoms with Crippen molar-refractivity contribution < 1.29 is 0 Å². The van der Waals surface area contributed by atoms with Gasteiger partial charge in [-0.3, -0.25) is 0 Å². The minimum absolute atomic E-state index is 0.472. The summed E-state index contributed by atoms with van der Waals surface area (Å²) in [4.78, 5) is 6.87. The van der Waals surface area contributed by atoms with E-state index in [9.17, 15) is 0 Å². The van der Waals surface area contributed by atoms with Crippen LogP contribution in [0.3, 0.4) is 0 Å². The third-order valence-electron chi connectivity index (χ3n) is 2.35. The van der Waals surface area contributed by atoms with Gasteiger partial charge in [-0.15, -0.1) is 11.3 Å². The van der Waals surface area contributed by atoms with E-state index in [1.165, 1.54) is 5.75 Å². The molecule has 1 aliphatic heterocycles. The molecule has 2 rings (SSSR count). The quantitative estimate of drug-likeness (QED) is 0.831. The number of thiazole rings is 1. The molecule has 2 N–H and O–H groups in total. The first-order valence-corrected chi connectivity index (χ1v) is 6.81. The fourth-order valence-electron chi connectivity index (χ4n) is 1.58. The Kier molecular flexibility index (Phi) is 3.30. The maximum Gasteiger partial charge on any atom is 0.185 e. The van der Waals surface area contributed by atoms with Crippen LogP contribution in [0.2, 0.25) is 0 Å². The molecule has 0 saturated carbocycles. The highest BCUT2D eigenvalue weighted by Gasteiger charge is 2.23. The van der Waals surface area contributed by atoms with Crippen LogP contribution in [-0.2, 0) is 0 Å². The van der Waals surface area contributed by atoms with Crippen LogP contribution in [-0.4, -0.2) is 35.6 Å². The van der Waals surface area contributed by atoms with Crippen LogP contribution in [0.1, 0.15) is 5.69 Å². The molecule has 78 valence electrons. The summed E-state index contributed by atoms with van der Waals surface area (Å²) in [7, 11) is 0. The summed E-state index contributed by atoms with van der Waals surface area (Å²) in [5.41, 5.74) is 6.87. The van der Waals surface area contributed by atoms with Crippen LogP contribution in [0.25, 0.3) is 0 Å². The Hall–Kier alpha value is -0.260. The molecule has 0 amide bonds. The molecule has 0 bridgehead atoms. The third-order valence-corrected chi connectivity index (χ3v) is 4.44. The Labute approximate surface area is 92.7 Å². The van der Waals surface area contributed by atoms with Crippen molar-refractivity contribution in [3.8, 4) is 0 Å². The van der Waals surface area contributed by atoms with Gasteiger partial charge in [0.15, 0.2) is 5.13 Å². The smallest absolute Gasteiger partial charge is 0.185 e. The van der Waals surface area contributed by atoms with Gasteiger partial charge < -0.3 is 10.6 Å². The van der Waals surface area contributed by atoms with Crippen LogP contribution in [0.4, 0.5) is 5.13 Å². The highest BCUT2D eigenvalue weighted by Crippen LogP contribution is 2.26. The first-order chi connectivity index (χ1) is 6.81. The van der Waals surface area contributed by atoms with Crippen LogP contribution >= 0.6 is 23.1 Å². The van der Waals surface area contributed by atoms with Gasteiger partial charge in [-0.1, -0.05) is 0 Å². The highest BCUT2D eigenvalue weighted by molar-refractivity contribution is 7.99. The molecule has 3 nitrogen and oxygen atoms in total. The highest BCUT2D eigenvalue weighted by atomic mass is 32.2. The van der Waals surface area contributed by atoms with Gasteiger partial charge >= 0.3 is 0 Å². The molecular formula is C9H15N3S2. The maximum absolute atomic E-state index is 5.76. The Balaban J connectivity index is 2.14. The SMILES string of the molecule is Cc1csc(N2CCSCC2CN)n1. The molecule has 14 heavy (non-hydrogen) atoms. The van der Waals surface area contributed by atoms with Crippen molar-refractivity contribution in [1.29, 1.82) is 0 Å². The number of nitrogens with zero attached hydrogens (tertiary/aromatic N) is 2. The summed E-state index contributed by atoms with van der Waals surface area (Å²) in [5, 5.41) is 3.24. The zero-order chi connectivity index (χ0) is 9.97. The van der Waals surface area contributed by atoms with Gasteiger partial charge in [0, 0.05) is 30.0 Å². The van der Waals surface area contributed by atoms with E-state index in [0.717, 1.165) is 29.7 Å². The number of aryl methyl sites for hydroxylation is 1. The fourth-order valence-corrected chi connectivity index (χ4v) is 3.56. The van der Waals surface area contributed by atoms with Crippen molar-refractivity contribution in [2.24, 2.45) is 5.73 Å². The molecule has 0 aromatic carbocycles. The average Bonchev–Trinajstić information content (AvgIpc) is 2.65. The molecule has 1 atom stereocenters. The van der Waals surface area contributed by atoms with Gasteiger partial charge in [0.1, 0.15) is 0 Å². The molecule has 5 heteroatoms. The lowest BCUT2D eigenvalue weighted by Gasteiger charge is -2.34. The van der Waals surface area contributed by atoms with E-state index < -0.39 is 0 Å². The lowest BCUT2D eigenvalue weighted by atomic mass is 10.3. The average molecular weight is 229 g/mol. The number of rotatable bonds is 2.